The molecule has 1 aromatic carbocycles. The topological polar surface area (TPSA) is 63.2 Å². The van der Waals surface area contributed by atoms with Crippen LogP contribution in [-0.4, -0.2) is 32.9 Å². The van der Waals surface area contributed by atoms with Crippen molar-refractivity contribution in [3.8, 4) is 0 Å². The highest BCUT2D eigenvalue weighted by Crippen LogP contribution is 2.28. The normalized spacial score (nSPS) is 13.2. The van der Waals surface area contributed by atoms with Crippen molar-refractivity contribution < 1.29 is 13.2 Å². The summed E-state index contributed by atoms with van der Waals surface area (Å²) in [7, 11) is -3.04. The Morgan fingerprint density at radius 1 is 1.24 bits per heavy atom. The molecule has 0 aliphatic rings. The molecule has 0 aliphatic carbocycles. The Balaban J connectivity index is 2.62. The Hall–Kier alpha value is -0.880. The molecule has 1 aromatic rings. The quantitative estimate of drug-likeness (QED) is 0.796. The third-order valence-electron chi connectivity index (χ3n) is 3.30. The minimum atomic E-state index is -3.04. The third kappa shape index (κ3) is 7.09. The van der Waals surface area contributed by atoms with Crippen LogP contribution in [0.15, 0.2) is 28.7 Å². The maximum absolute atomic E-state index is 12.0. The van der Waals surface area contributed by atoms with Crippen LogP contribution in [0.5, 0.6) is 0 Å². The number of hydrogen-bond acceptors (Lipinski definition) is 3. The number of amides is 1. The van der Waals surface area contributed by atoms with Crippen molar-refractivity contribution in [2.75, 3.05) is 18.6 Å². The molecule has 0 aromatic heterocycles. The summed E-state index contributed by atoms with van der Waals surface area (Å²) in [5.41, 5.74) is 1.12. The van der Waals surface area contributed by atoms with Crippen LogP contribution in [0.2, 0.25) is 0 Å². The van der Waals surface area contributed by atoms with Crippen molar-refractivity contribution in [3.63, 3.8) is 0 Å². The third-order valence-corrected chi connectivity index (χ3v) is 4.78. The van der Waals surface area contributed by atoms with E-state index in [4.69, 9.17) is 0 Å². The number of benzene rings is 1. The number of carbonyl (C=O) groups is 1. The predicted molar refractivity (Wildman–Crippen MR) is 89.1 cm³/mol. The summed E-state index contributed by atoms with van der Waals surface area (Å²) in [6.07, 6.45) is 1.53. The van der Waals surface area contributed by atoms with Gasteiger partial charge in [-0.1, -0.05) is 41.9 Å². The van der Waals surface area contributed by atoms with Crippen LogP contribution >= 0.6 is 15.9 Å². The SMILES string of the molecule is CC(C)C(CC(=O)NCCS(C)(=O)=O)c1ccc(Br)cc1. The minimum Gasteiger partial charge on any atom is -0.355 e. The first kappa shape index (κ1) is 18.2. The number of halogens is 1. The Morgan fingerprint density at radius 2 is 1.81 bits per heavy atom. The van der Waals surface area contributed by atoms with E-state index < -0.39 is 9.84 Å². The summed E-state index contributed by atoms with van der Waals surface area (Å²) in [5.74, 6) is 0.312. The fourth-order valence-electron chi connectivity index (χ4n) is 2.10. The van der Waals surface area contributed by atoms with Crippen molar-refractivity contribution in [1.82, 2.24) is 5.32 Å². The summed E-state index contributed by atoms with van der Waals surface area (Å²) >= 11 is 3.40. The number of sulfone groups is 1. The Kier molecular flexibility index (Phi) is 6.87. The average Bonchev–Trinajstić information content (AvgIpc) is 2.35. The highest BCUT2D eigenvalue weighted by Gasteiger charge is 2.19. The van der Waals surface area contributed by atoms with E-state index in [0.29, 0.717) is 12.3 Å². The van der Waals surface area contributed by atoms with Gasteiger partial charge in [0.25, 0.3) is 0 Å². The molecule has 0 bridgehead atoms. The molecule has 6 heteroatoms. The average molecular weight is 376 g/mol. The summed E-state index contributed by atoms with van der Waals surface area (Å²) in [5, 5.41) is 2.68. The zero-order valence-electron chi connectivity index (χ0n) is 12.6. The lowest BCUT2D eigenvalue weighted by Crippen LogP contribution is -2.30. The number of hydrogen-bond donors (Lipinski definition) is 1. The second-order valence-electron chi connectivity index (χ2n) is 5.59. The van der Waals surface area contributed by atoms with Crippen LogP contribution in [0.1, 0.15) is 31.7 Å². The first-order valence-corrected chi connectivity index (χ1v) is 9.74. The molecule has 1 unspecified atom stereocenters. The van der Waals surface area contributed by atoms with E-state index in [0.717, 1.165) is 16.3 Å². The molecule has 1 amide bonds. The lowest BCUT2D eigenvalue weighted by Gasteiger charge is -2.21. The Bertz CT molecular complexity index is 567. The molecule has 1 atom stereocenters. The van der Waals surface area contributed by atoms with E-state index in [1.807, 2.05) is 24.3 Å². The number of nitrogens with one attached hydrogen (secondary N) is 1. The fraction of sp³-hybridized carbons (Fsp3) is 0.533. The van der Waals surface area contributed by atoms with E-state index in [2.05, 4.69) is 35.1 Å². The highest BCUT2D eigenvalue weighted by atomic mass is 79.9. The molecule has 4 nitrogen and oxygen atoms in total. The standard InChI is InChI=1S/C15H22BrNO3S/c1-11(2)14(12-4-6-13(16)7-5-12)10-15(18)17-8-9-21(3,19)20/h4-7,11,14H,8-10H2,1-3H3,(H,17,18). The lowest BCUT2D eigenvalue weighted by molar-refractivity contribution is -0.121. The van der Waals surface area contributed by atoms with E-state index in [1.165, 1.54) is 0 Å². The predicted octanol–water partition coefficient (Wildman–Crippen LogP) is 2.74. The first-order chi connectivity index (χ1) is 9.69. The Labute approximate surface area is 135 Å². The second kappa shape index (κ2) is 7.94. The zero-order valence-corrected chi connectivity index (χ0v) is 15.0. The van der Waals surface area contributed by atoms with Gasteiger partial charge in [0.05, 0.1) is 5.75 Å². The summed E-state index contributed by atoms with van der Waals surface area (Å²) < 4.78 is 23.1. The zero-order chi connectivity index (χ0) is 16.0. The number of rotatable bonds is 7. The maximum atomic E-state index is 12.0. The van der Waals surface area contributed by atoms with Gasteiger partial charge in [-0.3, -0.25) is 4.79 Å². The van der Waals surface area contributed by atoms with Gasteiger partial charge >= 0.3 is 0 Å². The molecule has 1 N–H and O–H groups in total. The van der Waals surface area contributed by atoms with Crippen molar-refractivity contribution in [2.45, 2.75) is 26.2 Å². The van der Waals surface area contributed by atoms with Crippen LogP contribution in [0.4, 0.5) is 0 Å². The summed E-state index contributed by atoms with van der Waals surface area (Å²) in [4.78, 5) is 12.0. The number of carbonyl (C=O) groups excluding carboxylic acids is 1. The molecule has 0 radical (unpaired) electrons. The van der Waals surface area contributed by atoms with Crippen molar-refractivity contribution in [2.24, 2.45) is 5.92 Å². The van der Waals surface area contributed by atoms with Crippen LogP contribution in [0.25, 0.3) is 0 Å². The maximum Gasteiger partial charge on any atom is 0.220 e. The molecule has 0 saturated heterocycles. The monoisotopic (exact) mass is 375 g/mol. The van der Waals surface area contributed by atoms with Gasteiger partial charge in [0.1, 0.15) is 9.84 Å². The minimum absolute atomic E-state index is 0.0244. The van der Waals surface area contributed by atoms with Crippen molar-refractivity contribution in [1.29, 1.82) is 0 Å². The van der Waals surface area contributed by atoms with Gasteiger partial charge < -0.3 is 5.32 Å². The fourth-order valence-corrected chi connectivity index (χ4v) is 2.83. The molecule has 21 heavy (non-hydrogen) atoms. The van der Waals surface area contributed by atoms with Gasteiger partial charge in [-0.2, -0.15) is 0 Å². The van der Waals surface area contributed by atoms with Gasteiger partial charge in [-0.25, -0.2) is 8.42 Å². The van der Waals surface area contributed by atoms with Crippen LogP contribution in [-0.2, 0) is 14.6 Å². The molecule has 0 saturated carbocycles. The van der Waals surface area contributed by atoms with Gasteiger partial charge in [0, 0.05) is 23.7 Å². The van der Waals surface area contributed by atoms with E-state index in [9.17, 15) is 13.2 Å². The van der Waals surface area contributed by atoms with Gasteiger partial charge in [0.15, 0.2) is 0 Å². The molecule has 0 spiro atoms. The van der Waals surface area contributed by atoms with Crippen LogP contribution < -0.4 is 5.32 Å². The molecule has 118 valence electrons. The Morgan fingerprint density at radius 3 is 2.29 bits per heavy atom. The van der Waals surface area contributed by atoms with E-state index in [-0.39, 0.29) is 24.1 Å². The van der Waals surface area contributed by atoms with Crippen molar-refractivity contribution >= 4 is 31.7 Å². The molecule has 0 aliphatic heterocycles. The van der Waals surface area contributed by atoms with Gasteiger partial charge in [-0.15, -0.1) is 0 Å². The smallest absolute Gasteiger partial charge is 0.220 e. The molecule has 0 fully saturated rings. The molecular formula is C15H22BrNO3S. The van der Waals surface area contributed by atoms with Crippen LogP contribution in [0.3, 0.4) is 0 Å². The highest BCUT2D eigenvalue weighted by molar-refractivity contribution is 9.10. The van der Waals surface area contributed by atoms with Gasteiger partial charge in [-0.05, 0) is 29.5 Å². The second-order valence-corrected chi connectivity index (χ2v) is 8.76. The molecule has 1 rings (SSSR count). The first-order valence-electron chi connectivity index (χ1n) is 6.89. The molecule has 0 heterocycles. The lowest BCUT2D eigenvalue weighted by atomic mass is 9.85. The van der Waals surface area contributed by atoms with Crippen molar-refractivity contribution in [3.05, 3.63) is 34.3 Å². The molecular weight excluding hydrogens is 354 g/mol. The van der Waals surface area contributed by atoms with E-state index in [1.54, 1.807) is 0 Å². The van der Waals surface area contributed by atoms with Gasteiger partial charge in [0.2, 0.25) is 5.91 Å². The summed E-state index contributed by atoms with van der Waals surface area (Å²) in [6.45, 7) is 4.33. The largest absolute Gasteiger partial charge is 0.355 e. The van der Waals surface area contributed by atoms with E-state index >= 15 is 0 Å². The van der Waals surface area contributed by atoms with Crippen LogP contribution in [0, 0.1) is 5.92 Å². The summed E-state index contributed by atoms with van der Waals surface area (Å²) in [6, 6.07) is 7.95.